The van der Waals surface area contributed by atoms with E-state index in [1.54, 1.807) is 0 Å². The average Bonchev–Trinajstić information content (AvgIpc) is 2.39. The zero-order chi connectivity index (χ0) is 14.5. The fourth-order valence-corrected chi connectivity index (χ4v) is 2.17. The van der Waals surface area contributed by atoms with Crippen molar-refractivity contribution in [2.45, 2.75) is 12.5 Å². The molecule has 0 saturated carbocycles. The van der Waals surface area contributed by atoms with Crippen LogP contribution in [0.1, 0.15) is 6.42 Å². The van der Waals surface area contributed by atoms with Crippen LogP contribution in [0.3, 0.4) is 0 Å². The molecule has 8 heteroatoms. The van der Waals surface area contributed by atoms with E-state index in [9.17, 15) is 14.9 Å². The molecular formula is C12H14ClN3O4. The summed E-state index contributed by atoms with van der Waals surface area (Å²) in [6, 6.07) is 4.06. The fourth-order valence-electron chi connectivity index (χ4n) is 1.92. The van der Waals surface area contributed by atoms with Gasteiger partial charge in [-0.25, -0.2) is 0 Å². The number of carbonyl (C=O) groups excluding carboxylic acids is 1. The van der Waals surface area contributed by atoms with E-state index in [1.807, 2.05) is 0 Å². The Hall–Kier alpha value is -1.70. The summed E-state index contributed by atoms with van der Waals surface area (Å²) in [5.41, 5.74) is 0.245. The summed E-state index contributed by atoms with van der Waals surface area (Å²) in [6.07, 6.45) is 0.272. The molecule has 2 rings (SSSR count). The number of ether oxygens (including phenoxy) is 1. The number of halogens is 1. The van der Waals surface area contributed by atoms with Gasteiger partial charge < -0.3 is 15.4 Å². The Morgan fingerprint density at radius 2 is 2.40 bits per heavy atom. The van der Waals surface area contributed by atoms with E-state index in [-0.39, 0.29) is 29.1 Å². The number of nitrogens with one attached hydrogen (secondary N) is 2. The van der Waals surface area contributed by atoms with Crippen LogP contribution in [0.2, 0.25) is 5.02 Å². The van der Waals surface area contributed by atoms with Gasteiger partial charge in [-0.05, 0) is 12.1 Å². The Kier molecular flexibility index (Phi) is 4.89. The van der Waals surface area contributed by atoms with Gasteiger partial charge in [0.1, 0.15) is 5.02 Å². The molecule has 0 spiro atoms. The number of nitrogens with zero attached hydrogens (tertiary/aromatic N) is 1. The second-order valence-electron chi connectivity index (χ2n) is 4.40. The number of rotatable bonds is 4. The second kappa shape index (κ2) is 6.65. The number of nitro benzene ring substituents is 1. The normalized spacial score (nSPS) is 18.6. The minimum atomic E-state index is -0.572. The lowest BCUT2D eigenvalue weighted by Gasteiger charge is -2.23. The van der Waals surface area contributed by atoms with Crippen LogP contribution in [-0.4, -0.2) is 36.6 Å². The van der Waals surface area contributed by atoms with Gasteiger partial charge in [-0.2, -0.15) is 0 Å². The predicted octanol–water partition coefficient (Wildman–Crippen LogP) is 1.57. The Labute approximate surface area is 120 Å². The van der Waals surface area contributed by atoms with Crippen molar-refractivity contribution in [1.29, 1.82) is 0 Å². The van der Waals surface area contributed by atoms with Gasteiger partial charge in [0, 0.05) is 30.8 Å². The molecule has 20 heavy (non-hydrogen) atoms. The van der Waals surface area contributed by atoms with Crippen molar-refractivity contribution >= 4 is 28.9 Å². The first-order valence-electron chi connectivity index (χ1n) is 6.11. The zero-order valence-electron chi connectivity index (χ0n) is 10.6. The zero-order valence-corrected chi connectivity index (χ0v) is 11.4. The quantitative estimate of drug-likeness (QED) is 0.650. The number of carbonyl (C=O) groups is 1. The van der Waals surface area contributed by atoms with Crippen molar-refractivity contribution in [3.8, 4) is 0 Å². The third-order valence-corrected chi connectivity index (χ3v) is 3.16. The van der Waals surface area contributed by atoms with Crippen LogP contribution in [0, 0.1) is 10.1 Å². The summed E-state index contributed by atoms with van der Waals surface area (Å²) in [6.45, 7) is 1.87. The minimum Gasteiger partial charge on any atom is -0.378 e. The number of morpholine rings is 1. The molecule has 2 N–H and O–H groups in total. The fraction of sp³-hybridized carbons (Fsp3) is 0.417. The van der Waals surface area contributed by atoms with Gasteiger partial charge in [-0.3, -0.25) is 14.9 Å². The number of hydrogen-bond acceptors (Lipinski definition) is 5. The topological polar surface area (TPSA) is 93.5 Å². The maximum atomic E-state index is 11.8. The number of hydrogen-bond donors (Lipinski definition) is 2. The first-order valence-corrected chi connectivity index (χ1v) is 6.49. The Morgan fingerprint density at radius 3 is 3.00 bits per heavy atom. The number of benzene rings is 1. The van der Waals surface area contributed by atoms with Gasteiger partial charge in [0.05, 0.1) is 18.1 Å². The molecule has 1 unspecified atom stereocenters. The molecule has 1 aromatic carbocycles. The van der Waals surface area contributed by atoms with Crippen LogP contribution < -0.4 is 10.6 Å². The van der Waals surface area contributed by atoms with E-state index >= 15 is 0 Å². The third kappa shape index (κ3) is 3.89. The van der Waals surface area contributed by atoms with Gasteiger partial charge in [0.15, 0.2) is 0 Å². The van der Waals surface area contributed by atoms with Gasteiger partial charge in [-0.1, -0.05) is 11.6 Å². The number of amides is 1. The van der Waals surface area contributed by atoms with Crippen molar-refractivity contribution in [3.63, 3.8) is 0 Å². The molecule has 1 amide bonds. The van der Waals surface area contributed by atoms with Crippen LogP contribution in [0.25, 0.3) is 0 Å². The molecule has 1 saturated heterocycles. The molecule has 1 aliphatic heterocycles. The number of anilines is 1. The van der Waals surface area contributed by atoms with Gasteiger partial charge >= 0.3 is 0 Å². The highest BCUT2D eigenvalue weighted by atomic mass is 35.5. The van der Waals surface area contributed by atoms with Gasteiger partial charge in [0.2, 0.25) is 5.91 Å². The third-order valence-electron chi connectivity index (χ3n) is 2.86. The monoisotopic (exact) mass is 299 g/mol. The molecule has 1 fully saturated rings. The van der Waals surface area contributed by atoms with Crippen LogP contribution in [0.15, 0.2) is 18.2 Å². The summed E-state index contributed by atoms with van der Waals surface area (Å²) in [5.74, 6) is -0.196. The van der Waals surface area contributed by atoms with E-state index in [0.29, 0.717) is 18.9 Å². The van der Waals surface area contributed by atoms with Crippen molar-refractivity contribution in [2.75, 3.05) is 25.1 Å². The highest BCUT2D eigenvalue weighted by Crippen LogP contribution is 2.27. The maximum absolute atomic E-state index is 11.8. The molecule has 0 aromatic heterocycles. The van der Waals surface area contributed by atoms with Gasteiger partial charge in [-0.15, -0.1) is 0 Å². The second-order valence-corrected chi connectivity index (χ2v) is 4.81. The first kappa shape index (κ1) is 14.7. The highest BCUT2D eigenvalue weighted by Gasteiger charge is 2.18. The first-order chi connectivity index (χ1) is 9.56. The van der Waals surface area contributed by atoms with E-state index in [0.717, 1.165) is 6.54 Å². The molecule has 1 aromatic rings. The van der Waals surface area contributed by atoms with E-state index in [4.69, 9.17) is 16.3 Å². The smallest absolute Gasteiger partial charge is 0.288 e. The number of nitro groups is 1. The molecule has 0 bridgehead atoms. The van der Waals surface area contributed by atoms with E-state index in [2.05, 4.69) is 10.6 Å². The lowest BCUT2D eigenvalue weighted by atomic mass is 10.2. The predicted molar refractivity (Wildman–Crippen MR) is 74.0 cm³/mol. The maximum Gasteiger partial charge on any atom is 0.288 e. The summed E-state index contributed by atoms with van der Waals surface area (Å²) < 4.78 is 5.26. The van der Waals surface area contributed by atoms with E-state index < -0.39 is 4.92 Å². The van der Waals surface area contributed by atoms with Crippen molar-refractivity contribution in [1.82, 2.24) is 5.32 Å². The highest BCUT2D eigenvalue weighted by molar-refractivity contribution is 6.33. The molecule has 0 radical (unpaired) electrons. The molecule has 7 nitrogen and oxygen atoms in total. The Bertz CT molecular complexity index is 517. The van der Waals surface area contributed by atoms with Crippen LogP contribution in [0.5, 0.6) is 0 Å². The van der Waals surface area contributed by atoms with E-state index in [1.165, 1.54) is 18.2 Å². The molecule has 1 aliphatic rings. The lowest BCUT2D eigenvalue weighted by molar-refractivity contribution is -0.384. The molecule has 0 aliphatic carbocycles. The van der Waals surface area contributed by atoms with Crippen LogP contribution in [0.4, 0.5) is 11.4 Å². The Morgan fingerprint density at radius 1 is 1.60 bits per heavy atom. The van der Waals surface area contributed by atoms with Gasteiger partial charge in [0.25, 0.3) is 5.69 Å². The van der Waals surface area contributed by atoms with Crippen molar-refractivity contribution < 1.29 is 14.5 Å². The molecule has 1 heterocycles. The molecule has 108 valence electrons. The lowest BCUT2D eigenvalue weighted by Crippen LogP contribution is -2.43. The summed E-state index contributed by atoms with van der Waals surface area (Å²) in [4.78, 5) is 21.9. The van der Waals surface area contributed by atoms with Crippen LogP contribution >= 0.6 is 11.6 Å². The summed E-state index contributed by atoms with van der Waals surface area (Å²) in [5, 5.41) is 16.4. The summed E-state index contributed by atoms with van der Waals surface area (Å²) >= 11 is 5.77. The average molecular weight is 300 g/mol. The van der Waals surface area contributed by atoms with Crippen molar-refractivity contribution in [3.05, 3.63) is 33.3 Å². The van der Waals surface area contributed by atoms with Crippen LogP contribution in [-0.2, 0) is 9.53 Å². The standard InChI is InChI=1S/C12H14ClN3O4/c13-10-5-8(1-2-11(10)16(18)19)15-12(17)6-9-7-20-4-3-14-9/h1-2,5,9,14H,3-4,6-7H2,(H,15,17). The largest absolute Gasteiger partial charge is 0.378 e. The summed E-state index contributed by atoms with van der Waals surface area (Å²) in [7, 11) is 0. The molecular weight excluding hydrogens is 286 g/mol. The minimum absolute atomic E-state index is 0.00748. The molecule has 1 atom stereocenters. The SMILES string of the molecule is O=C(CC1COCCN1)Nc1ccc([N+](=O)[O-])c(Cl)c1. The Balaban J connectivity index is 1.93. The van der Waals surface area contributed by atoms with Crippen molar-refractivity contribution in [2.24, 2.45) is 0 Å².